The third kappa shape index (κ3) is 6.48. The van der Waals surface area contributed by atoms with Crippen LogP contribution in [0.2, 0.25) is 0 Å². The van der Waals surface area contributed by atoms with E-state index in [1.807, 2.05) is 12.1 Å². The summed E-state index contributed by atoms with van der Waals surface area (Å²) in [7, 11) is 0. The summed E-state index contributed by atoms with van der Waals surface area (Å²) < 4.78 is 7.66. The predicted molar refractivity (Wildman–Crippen MR) is 122 cm³/mol. The van der Waals surface area contributed by atoms with E-state index in [9.17, 15) is 14.7 Å². The third-order valence-corrected chi connectivity index (χ3v) is 5.47. The number of amides is 1. The Morgan fingerprint density at radius 3 is 2.43 bits per heavy atom. The minimum atomic E-state index is -1.04. The fourth-order valence-corrected chi connectivity index (χ4v) is 4.60. The van der Waals surface area contributed by atoms with Crippen LogP contribution in [-0.2, 0) is 22.4 Å². The van der Waals surface area contributed by atoms with Gasteiger partial charge in [-0.2, -0.15) is 0 Å². The van der Waals surface area contributed by atoms with Gasteiger partial charge < -0.3 is 26.0 Å². The fraction of sp³-hybridized carbons (Fsp3) is 0.263. The molecule has 1 atom stereocenters. The number of carbonyl (C=O) groups is 2. The molecule has 0 saturated carbocycles. The van der Waals surface area contributed by atoms with Crippen LogP contribution in [-0.4, -0.2) is 34.7 Å². The maximum absolute atomic E-state index is 11.0. The summed E-state index contributed by atoms with van der Waals surface area (Å²) in [5.41, 5.74) is 7.10. The number of ether oxygens (including phenoxy) is 1. The van der Waals surface area contributed by atoms with Crippen molar-refractivity contribution < 1.29 is 24.5 Å². The fourth-order valence-electron chi connectivity index (χ4n) is 2.49. The maximum Gasteiger partial charge on any atom is 0.320 e. The van der Waals surface area contributed by atoms with Gasteiger partial charge in [-0.1, -0.05) is 0 Å². The minimum absolute atomic E-state index is 0.126. The van der Waals surface area contributed by atoms with Crippen LogP contribution in [0.4, 0.5) is 0 Å². The van der Waals surface area contributed by atoms with E-state index in [1.54, 1.807) is 18.2 Å². The second kappa shape index (κ2) is 10.3. The van der Waals surface area contributed by atoms with Gasteiger partial charge in [-0.05, 0) is 99.5 Å². The van der Waals surface area contributed by atoms with Gasteiger partial charge in [0, 0.05) is 13.5 Å². The second-order valence-corrected chi connectivity index (χ2v) is 8.49. The molecule has 0 radical (unpaired) electrons. The van der Waals surface area contributed by atoms with Crippen molar-refractivity contribution in [2.24, 2.45) is 5.73 Å². The molecule has 1 amide bonds. The highest BCUT2D eigenvalue weighted by atomic mass is 127. The van der Waals surface area contributed by atoms with E-state index in [2.05, 4.69) is 50.5 Å². The zero-order valence-electron chi connectivity index (χ0n) is 15.0. The Labute approximate surface area is 189 Å². The lowest BCUT2D eigenvalue weighted by Gasteiger charge is -2.14. The summed E-state index contributed by atoms with van der Waals surface area (Å²) in [5, 5.41) is 21.7. The molecule has 0 heterocycles. The molecule has 2 aromatic rings. The first-order chi connectivity index (χ1) is 13.2. The lowest BCUT2D eigenvalue weighted by molar-refractivity contribution is -0.138. The zero-order valence-corrected chi connectivity index (χ0v) is 19.4. The molecule has 9 heteroatoms. The maximum atomic E-state index is 11.0. The van der Waals surface area contributed by atoms with Gasteiger partial charge >= 0.3 is 5.97 Å². The Morgan fingerprint density at radius 2 is 1.86 bits per heavy atom. The average Bonchev–Trinajstić information content (AvgIpc) is 2.60. The highest BCUT2D eigenvalue weighted by Crippen LogP contribution is 2.34. The lowest BCUT2D eigenvalue weighted by atomic mass is 10.1. The number of carboxylic acid groups (broad SMARTS) is 1. The summed E-state index contributed by atoms with van der Waals surface area (Å²) in [5.74, 6) is 0.175. The summed E-state index contributed by atoms with van der Waals surface area (Å²) in [6.45, 7) is 1.86. The summed E-state index contributed by atoms with van der Waals surface area (Å²) >= 11 is 4.27. The number of nitrogens with two attached hydrogens (primary N) is 1. The number of rotatable bonds is 8. The molecule has 2 rings (SSSR count). The topological polar surface area (TPSA) is 122 Å². The number of phenolic OH excluding ortho intramolecular Hbond substituents is 1. The van der Waals surface area contributed by atoms with Crippen LogP contribution >= 0.6 is 45.2 Å². The van der Waals surface area contributed by atoms with Gasteiger partial charge in [0.25, 0.3) is 0 Å². The number of nitrogens with one attached hydrogen (secondary N) is 1. The number of benzene rings is 2. The normalized spacial score (nSPS) is 11.7. The summed E-state index contributed by atoms with van der Waals surface area (Å²) in [6.07, 6.45) is 0.705. The third-order valence-electron chi connectivity index (χ3n) is 3.87. The largest absolute Gasteiger partial charge is 0.508 e. The predicted octanol–water partition coefficient (Wildman–Crippen LogP) is 3.03. The summed E-state index contributed by atoms with van der Waals surface area (Å²) in [4.78, 5) is 21.9. The number of hydrogen-bond acceptors (Lipinski definition) is 5. The molecule has 0 fully saturated rings. The van der Waals surface area contributed by atoms with Crippen LogP contribution in [0.15, 0.2) is 30.3 Å². The van der Waals surface area contributed by atoms with Crippen molar-refractivity contribution in [3.63, 3.8) is 0 Å². The first-order valence-electron chi connectivity index (χ1n) is 8.38. The molecule has 0 bridgehead atoms. The summed E-state index contributed by atoms with van der Waals surface area (Å²) in [6, 6.07) is 7.69. The Morgan fingerprint density at radius 1 is 1.21 bits per heavy atom. The van der Waals surface area contributed by atoms with Crippen LogP contribution in [0.25, 0.3) is 0 Å². The van der Waals surface area contributed by atoms with Crippen molar-refractivity contribution in [3.05, 3.63) is 48.6 Å². The lowest BCUT2D eigenvalue weighted by Crippen LogP contribution is -2.32. The Balaban J connectivity index is 2.18. The number of phenols is 1. The van der Waals surface area contributed by atoms with Gasteiger partial charge in [0.15, 0.2) is 5.75 Å². The van der Waals surface area contributed by atoms with Crippen LogP contribution in [0.1, 0.15) is 18.1 Å². The molecule has 0 saturated heterocycles. The zero-order chi connectivity index (χ0) is 20.8. The van der Waals surface area contributed by atoms with Gasteiger partial charge in [-0.25, -0.2) is 0 Å². The van der Waals surface area contributed by atoms with Crippen molar-refractivity contribution in [1.29, 1.82) is 0 Å². The number of aliphatic carboxylic acids is 1. The van der Waals surface area contributed by atoms with Gasteiger partial charge in [0.1, 0.15) is 17.5 Å². The molecular weight excluding hydrogens is 590 g/mol. The monoisotopic (exact) mass is 610 g/mol. The Bertz CT molecular complexity index is 866. The molecule has 0 aliphatic carbocycles. The standard InChI is InChI=1S/C19H20I2N2O5/c1-10(24)23-5-4-12-9-13(2-3-17(12)25)28-18-14(20)6-11(7-15(18)21)8-16(22)19(26)27/h2-3,6-7,9,16,25H,4-5,8,22H2,1H3,(H,23,24)(H,26,27). The molecule has 5 N–H and O–H groups in total. The Kier molecular flexibility index (Phi) is 8.31. The van der Waals surface area contributed by atoms with Gasteiger partial charge in [-0.15, -0.1) is 0 Å². The smallest absolute Gasteiger partial charge is 0.320 e. The van der Waals surface area contributed by atoms with Crippen LogP contribution in [0.3, 0.4) is 0 Å². The van der Waals surface area contributed by atoms with E-state index in [-0.39, 0.29) is 18.1 Å². The SMILES string of the molecule is CC(=O)NCCc1cc(Oc2c(I)cc(CC(N)C(=O)O)cc2I)ccc1O. The van der Waals surface area contributed by atoms with E-state index >= 15 is 0 Å². The Hall–Kier alpha value is -1.60. The van der Waals surface area contributed by atoms with E-state index < -0.39 is 12.0 Å². The number of carbonyl (C=O) groups excluding carboxylic acids is 1. The molecular formula is C19H20I2N2O5. The van der Waals surface area contributed by atoms with Crippen molar-refractivity contribution in [2.75, 3.05) is 6.54 Å². The molecule has 7 nitrogen and oxygen atoms in total. The van der Waals surface area contributed by atoms with Crippen LogP contribution in [0.5, 0.6) is 17.2 Å². The van der Waals surface area contributed by atoms with Gasteiger partial charge in [0.2, 0.25) is 5.91 Å². The number of halogens is 2. The van der Waals surface area contributed by atoms with Crippen LogP contribution < -0.4 is 15.8 Å². The van der Waals surface area contributed by atoms with Gasteiger partial charge in [0.05, 0.1) is 7.14 Å². The molecule has 28 heavy (non-hydrogen) atoms. The molecule has 1 unspecified atom stereocenters. The number of hydrogen-bond donors (Lipinski definition) is 4. The van der Waals surface area contributed by atoms with Crippen molar-refractivity contribution in [3.8, 4) is 17.2 Å². The van der Waals surface area contributed by atoms with Crippen LogP contribution in [0, 0.1) is 7.14 Å². The van der Waals surface area contributed by atoms with E-state index in [0.717, 1.165) is 12.7 Å². The highest BCUT2D eigenvalue weighted by Gasteiger charge is 2.16. The number of aromatic hydroxyl groups is 1. The van der Waals surface area contributed by atoms with E-state index in [1.165, 1.54) is 6.92 Å². The second-order valence-electron chi connectivity index (χ2n) is 6.16. The molecule has 0 spiro atoms. The van der Waals surface area contributed by atoms with Crippen molar-refractivity contribution in [2.45, 2.75) is 25.8 Å². The highest BCUT2D eigenvalue weighted by molar-refractivity contribution is 14.1. The van der Waals surface area contributed by atoms with Crippen molar-refractivity contribution >= 4 is 57.1 Å². The van der Waals surface area contributed by atoms with E-state index in [0.29, 0.717) is 30.0 Å². The molecule has 2 aromatic carbocycles. The van der Waals surface area contributed by atoms with E-state index in [4.69, 9.17) is 15.6 Å². The molecule has 0 aliphatic heterocycles. The quantitative estimate of drug-likeness (QED) is 0.342. The molecule has 0 aromatic heterocycles. The molecule has 150 valence electrons. The average molecular weight is 610 g/mol. The minimum Gasteiger partial charge on any atom is -0.508 e. The first-order valence-corrected chi connectivity index (χ1v) is 10.5. The molecule has 0 aliphatic rings. The van der Waals surface area contributed by atoms with Crippen molar-refractivity contribution in [1.82, 2.24) is 5.32 Å². The first kappa shape index (κ1) is 22.7. The van der Waals surface area contributed by atoms with Gasteiger partial charge in [-0.3, -0.25) is 9.59 Å². The number of carboxylic acids is 1.